The average molecular weight is 442 g/mol. The zero-order valence-corrected chi connectivity index (χ0v) is 17.4. The minimum absolute atomic E-state index is 0.137. The van der Waals surface area contributed by atoms with E-state index in [1.165, 1.54) is 18.7 Å². The highest BCUT2D eigenvalue weighted by atomic mass is 35.5. The summed E-state index contributed by atoms with van der Waals surface area (Å²) < 4.78 is 3.89. The third-order valence-corrected chi connectivity index (χ3v) is 5.31. The Labute approximate surface area is 175 Å². The van der Waals surface area contributed by atoms with E-state index in [0.717, 1.165) is 4.57 Å². The minimum atomic E-state index is -0.503. The summed E-state index contributed by atoms with van der Waals surface area (Å²) in [6.45, 7) is -0.205. The second-order valence-corrected chi connectivity index (χ2v) is 7.52. The quantitative estimate of drug-likeness (QED) is 0.502. The molecule has 11 heteroatoms. The molecule has 0 unspecified atom stereocenters. The Balaban J connectivity index is 2.24. The zero-order chi connectivity index (χ0) is 21.3. The van der Waals surface area contributed by atoms with Crippen LogP contribution in [0.5, 0.6) is 0 Å². The van der Waals surface area contributed by atoms with E-state index in [0.29, 0.717) is 15.6 Å². The van der Waals surface area contributed by atoms with E-state index in [2.05, 4.69) is 10.3 Å². The monoisotopic (exact) mass is 441 g/mol. The molecule has 3 aromatic rings. The summed E-state index contributed by atoms with van der Waals surface area (Å²) in [7, 11) is 2.92. The summed E-state index contributed by atoms with van der Waals surface area (Å²) in [6.07, 6.45) is 0.276. The Morgan fingerprint density at radius 1 is 1.17 bits per heavy atom. The van der Waals surface area contributed by atoms with Crippen molar-refractivity contribution in [1.82, 2.24) is 18.7 Å². The molecule has 3 rings (SSSR count). The fraction of sp³-hybridized carbons (Fsp3) is 0.389. The van der Waals surface area contributed by atoms with Gasteiger partial charge in [-0.05, 0) is 24.1 Å². The summed E-state index contributed by atoms with van der Waals surface area (Å²) in [5, 5.41) is 22.7. The molecule has 0 saturated carbocycles. The molecule has 0 fully saturated rings. The molecule has 2 aromatic heterocycles. The van der Waals surface area contributed by atoms with E-state index in [1.807, 2.05) is 0 Å². The number of hydrogen-bond acceptors (Lipinski definition) is 6. The minimum Gasteiger partial charge on any atom is -0.396 e. The lowest BCUT2D eigenvalue weighted by Crippen LogP contribution is -2.37. The lowest BCUT2D eigenvalue weighted by Gasteiger charge is -2.17. The smallest absolute Gasteiger partial charge is 0.332 e. The summed E-state index contributed by atoms with van der Waals surface area (Å²) in [5.41, 5.74) is 0.0981. The molecular formula is C18H21Cl2N5O4. The Morgan fingerprint density at radius 2 is 1.90 bits per heavy atom. The number of aromatic nitrogens is 4. The van der Waals surface area contributed by atoms with Gasteiger partial charge in [-0.1, -0.05) is 29.3 Å². The standard InChI is InChI=1S/C18H21Cl2N5O4/c1-23-15-14(16(28)24(2)18(23)29)25(8-10-3-4-11(19)7-13(10)20)17(22-15)21-12(9-27)5-6-26/h3-4,7,12,26-27H,5-6,8-9H2,1-2H3,(H,21,22)/t12-/m1/s1. The Kier molecular flexibility index (Phi) is 6.33. The van der Waals surface area contributed by atoms with Crippen LogP contribution in [0.4, 0.5) is 5.95 Å². The molecule has 0 aliphatic heterocycles. The van der Waals surface area contributed by atoms with Crippen LogP contribution in [0.25, 0.3) is 11.2 Å². The number of imidazole rings is 1. The molecule has 0 amide bonds. The molecule has 0 radical (unpaired) electrons. The summed E-state index contributed by atoms with van der Waals surface area (Å²) in [4.78, 5) is 29.6. The number of anilines is 1. The van der Waals surface area contributed by atoms with Crippen LogP contribution in [0.3, 0.4) is 0 Å². The van der Waals surface area contributed by atoms with Gasteiger partial charge in [-0.15, -0.1) is 0 Å². The number of aliphatic hydroxyl groups excluding tert-OH is 2. The van der Waals surface area contributed by atoms with Gasteiger partial charge in [0.2, 0.25) is 5.95 Å². The van der Waals surface area contributed by atoms with Gasteiger partial charge in [-0.25, -0.2) is 4.79 Å². The van der Waals surface area contributed by atoms with Crippen LogP contribution in [0.2, 0.25) is 10.0 Å². The lowest BCUT2D eigenvalue weighted by molar-refractivity contribution is 0.228. The van der Waals surface area contributed by atoms with Gasteiger partial charge in [0, 0.05) is 30.7 Å². The van der Waals surface area contributed by atoms with Gasteiger partial charge < -0.3 is 15.5 Å². The van der Waals surface area contributed by atoms with Gasteiger partial charge in [-0.2, -0.15) is 4.98 Å². The van der Waals surface area contributed by atoms with E-state index in [9.17, 15) is 19.8 Å². The maximum Gasteiger partial charge on any atom is 0.332 e. The highest BCUT2D eigenvalue weighted by Gasteiger charge is 2.21. The number of hydrogen-bond donors (Lipinski definition) is 3. The number of nitrogens with one attached hydrogen (secondary N) is 1. The number of aliphatic hydroxyl groups is 2. The first-order valence-electron chi connectivity index (χ1n) is 8.86. The summed E-state index contributed by atoms with van der Waals surface area (Å²) >= 11 is 12.3. The van der Waals surface area contributed by atoms with Crippen LogP contribution >= 0.6 is 23.2 Å². The second kappa shape index (κ2) is 8.58. The van der Waals surface area contributed by atoms with E-state index in [1.54, 1.807) is 22.8 Å². The number of benzene rings is 1. The molecule has 2 heterocycles. The topological polar surface area (TPSA) is 114 Å². The van der Waals surface area contributed by atoms with E-state index < -0.39 is 17.3 Å². The van der Waals surface area contributed by atoms with Crippen LogP contribution in [0.1, 0.15) is 12.0 Å². The number of halogens is 2. The van der Waals surface area contributed by atoms with Crippen LogP contribution in [-0.2, 0) is 20.6 Å². The number of aryl methyl sites for hydroxylation is 1. The largest absolute Gasteiger partial charge is 0.396 e. The first-order valence-corrected chi connectivity index (χ1v) is 9.62. The van der Waals surface area contributed by atoms with Gasteiger partial charge >= 0.3 is 5.69 Å². The fourth-order valence-corrected chi connectivity index (χ4v) is 3.55. The van der Waals surface area contributed by atoms with Gasteiger partial charge in [0.05, 0.1) is 19.2 Å². The first-order chi connectivity index (χ1) is 13.8. The molecule has 0 aliphatic carbocycles. The van der Waals surface area contributed by atoms with E-state index in [-0.39, 0.29) is 43.3 Å². The normalized spacial score (nSPS) is 12.5. The molecule has 0 aliphatic rings. The predicted molar refractivity (Wildman–Crippen MR) is 112 cm³/mol. The highest BCUT2D eigenvalue weighted by molar-refractivity contribution is 6.35. The van der Waals surface area contributed by atoms with Crippen molar-refractivity contribution in [3.63, 3.8) is 0 Å². The molecule has 0 saturated heterocycles. The van der Waals surface area contributed by atoms with E-state index in [4.69, 9.17) is 23.2 Å². The molecule has 0 bridgehead atoms. The Hall–Kier alpha value is -2.33. The molecule has 1 aromatic carbocycles. The van der Waals surface area contributed by atoms with Gasteiger partial charge in [0.15, 0.2) is 11.2 Å². The Bertz CT molecular complexity index is 1170. The molecule has 9 nitrogen and oxygen atoms in total. The zero-order valence-electron chi connectivity index (χ0n) is 15.9. The third-order valence-electron chi connectivity index (χ3n) is 4.72. The summed E-state index contributed by atoms with van der Waals surface area (Å²) in [5.74, 6) is 0.275. The molecular weight excluding hydrogens is 421 g/mol. The van der Waals surface area contributed by atoms with Crippen molar-refractivity contribution in [2.75, 3.05) is 18.5 Å². The summed E-state index contributed by atoms with van der Waals surface area (Å²) in [6, 6.07) is 4.53. The van der Waals surface area contributed by atoms with Crippen molar-refractivity contribution in [1.29, 1.82) is 0 Å². The Morgan fingerprint density at radius 3 is 2.52 bits per heavy atom. The van der Waals surface area contributed by atoms with Crippen LogP contribution in [-0.4, -0.2) is 48.2 Å². The predicted octanol–water partition coefficient (Wildman–Crippen LogP) is 0.944. The molecule has 1 atom stereocenters. The van der Waals surface area contributed by atoms with Crippen LogP contribution in [0.15, 0.2) is 27.8 Å². The third kappa shape index (κ3) is 4.04. The lowest BCUT2D eigenvalue weighted by atomic mass is 10.2. The maximum absolute atomic E-state index is 12.9. The van der Waals surface area contributed by atoms with Gasteiger partial charge in [0.25, 0.3) is 5.56 Å². The molecule has 156 valence electrons. The van der Waals surface area contributed by atoms with E-state index >= 15 is 0 Å². The average Bonchev–Trinajstić information content (AvgIpc) is 3.04. The van der Waals surface area contributed by atoms with Crippen molar-refractivity contribution in [2.45, 2.75) is 19.0 Å². The van der Waals surface area contributed by atoms with Gasteiger partial charge in [0.1, 0.15) is 0 Å². The maximum atomic E-state index is 12.9. The van der Waals surface area contributed by atoms with Crippen molar-refractivity contribution in [3.05, 3.63) is 54.6 Å². The number of fused-ring (bicyclic) bond motifs is 1. The SMILES string of the molecule is Cn1c(=O)c2c(nc(N[C@@H](CO)CCO)n2Cc2ccc(Cl)cc2Cl)n(C)c1=O. The van der Waals surface area contributed by atoms with Crippen molar-refractivity contribution in [3.8, 4) is 0 Å². The number of rotatable bonds is 7. The molecule has 0 spiro atoms. The first kappa shape index (κ1) is 21.4. The fourth-order valence-electron chi connectivity index (χ4n) is 3.08. The highest BCUT2D eigenvalue weighted by Crippen LogP contribution is 2.25. The molecule has 29 heavy (non-hydrogen) atoms. The van der Waals surface area contributed by atoms with Gasteiger partial charge in [-0.3, -0.25) is 18.5 Å². The van der Waals surface area contributed by atoms with Crippen LogP contribution < -0.4 is 16.6 Å². The second-order valence-electron chi connectivity index (χ2n) is 6.67. The van der Waals surface area contributed by atoms with Crippen LogP contribution in [0, 0.1) is 0 Å². The molecule has 3 N–H and O–H groups in total. The van der Waals surface area contributed by atoms with Crippen molar-refractivity contribution in [2.24, 2.45) is 14.1 Å². The van der Waals surface area contributed by atoms with Crippen molar-refractivity contribution < 1.29 is 10.2 Å². The van der Waals surface area contributed by atoms with Crippen molar-refractivity contribution >= 4 is 40.3 Å². The number of nitrogens with zero attached hydrogens (tertiary/aromatic N) is 4.